The van der Waals surface area contributed by atoms with Crippen molar-refractivity contribution in [3.05, 3.63) is 47.1 Å². The molecule has 1 aromatic heterocycles. The lowest BCUT2D eigenvalue weighted by Crippen LogP contribution is -2.46. The standard InChI is InChI=1S/C15H18ClN5/c16-12-2-1-3-14(10-12)20-6-8-21(9-7-20)15-5-4-13(11-17)18-19-15/h1-5,10H,6-9,11,17H2. The van der Waals surface area contributed by atoms with Crippen LogP contribution in [-0.4, -0.2) is 36.4 Å². The van der Waals surface area contributed by atoms with E-state index in [9.17, 15) is 0 Å². The van der Waals surface area contributed by atoms with Crippen molar-refractivity contribution in [1.29, 1.82) is 0 Å². The molecule has 0 amide bonds. The van der Waals surface area contributed by atoms with Crippen LogP contribution in [0.3, 0.4) is 0 Å². The first-order valence-corrected chi connectivity index (χ1v) is 7.42. The maximum atomic E-state index is 6.05. The largest absolute Gasteiger partial charge is 0.368 e. The van der Waals surface area contributed by atoms with Gasteiger partial charge in [0.2, 0.25) is 0 Å². The van der Waals surface area contributed by atoms with E-state index in [0.29, 0.717) is 6.54 Å². The van der Waals surface area contributed by atoms with Crippen LogP contribution in [0.25, 0.3) is 0 Å². The number of hydrogen-bond donors (Lipinski definition) is 1. The second kappa shape index (κ2) is 6.28. The number of anilines is 2. The molecule has 5 nitrogen and oxygen atoms in total. The Morgan fingerprint density at radius 2 is 1.76 bits per heavy atom. The average Bonchev–Trinajstić information content (AvgIpc) is 2.55. The molecule has 1 saturated heterocycles. The molecule has 110 valence electrons. The van der Waals surface area contributed by atoms with Gasteiger partial charge in [-0.25, -0.2) is 0 Å². The molecule has 3 rings (SSSR count). The Morgan fingerprint density at radius 3 is 2.38 bits per heavy atom. The van der Waals surface area contributed by atoms with Crippen molar-refractivity contribution in [2.45, 2.75) is 6.54 Å². The highest BCUT2D eigenvalue weighted by Crippen LogP contribution is 2.22. The van der Waals surface area contributed by atoms with Crippen molar-refractivity contribution in [1.82, 2.24) is 10.2 Å². The van der Waals surface area contributed by atoms with Gasteiger partial charge in [-0.1, -0.05) is 17.7 Å². The Kier molecular flexibility index (Phi) is 4.22. The average molecular weight is 304 g/mol. The number of rotatable bonds is 3. The van der Waals surface area contributed by atoms with Gasteiger partial charge in [0.05, 0.1) is 5.69 Å². The molecular weight excluding hydrogens is 286 g/mol. The topological polar surface area (TPSA) is 58.3 Å². The summed E-state index contributed by atoms with van der Waals surface area (Å²) >= 11 is 6.05. The third-order valence-electron chi connectivity index (χ3n) is 3.69. The lowest BCUT2D eigenvalue weighted by Gasteiger charge is -2.36. The zero-order chi connectivity index (χ0) is 14.7. The fourth-order valence-electron chi connectivity index (χ4n) is 2.50. The first kappa shape index (κ1) is 14.1. The Hall–Kier alpha value is -1.85. The van der Waals surface area contributed by atoms with Crippen LogP contribution in [0, 0.1) is 0 Å². The molecule has 2 aromatic rings. The van der Waals surface area contributed by atoms with E-state index >= 15 is 0 Å². The van der Waals surface area contributed by atoms with Crippen LogP contribution in [0.1, 0.15) is 5.69 Å². The normalized spacial score (nSPS) is 15.3. The van der Waals surface area contributed by atoms with Crippen LogP contribution in [0.5, 0.6) is 0 Å². The van der Waals surface area contributed by atoms with Gasteiger partial charge in [0.15, 0.2) is 5.82 Å². The predicted octanol–water partition coefficient (Wildman–Crippen LogP) is 1.92. The van der Waals surface area contributed by atoms with Crippen LogP contribution in [0.4, 0.5) is 11.5 Å². The third-order valence-corrected chi connectivity index (χ3v) is 3.93. The monoisotopic (exact) mass is 303 g/mol. The van der Waals surface area contributed by atoms with E-state index < -0.39 is 0 Å². The van der Waals surface area contributed by atoms with Crippen LogP contribution in [0.15, 0.2) is 36.4 Å². The summed E-state index contributed by atoms with van der Waals surface area (Å²) in [4.78, 5) is 4.58. The number of nitrogens with two attached hydrogens (primary N) is 1. The number of aromatic nitrogens is 2. The Bertz CT molecular complexity index is 593. The fraction of sp³-hybridized carbons (Fsp3) is 0.333. The molecule has 1 aliphatic heterocycles. The van der Waals surface area contributed by atoms with Crippen molar-refractivity contribution >= 4 is 23.1 Å². The predicted molar refractivity (Wildman–Crippen MR) is 85.8 cm³/mol. The van der Waals surface area contributed by atoms with Crippen LogP contribution in [-0.2, 0) is 6.54 Å². The molecule has 2 heterocycles. The minimum atomic E-state index is 0.426. The van der Waals surface area contributed by atoms with Crippen LogP contribution < -0.4 is 15.5 Å². The van der Waals surface area contributed by atoms with Crippen molar-refractivity contribution in [2.75, 3.05) is 36.0 Å². The van der Waals surface area contributed by atoms with E-state index in [0.717, 1.165) is 42.7 Å². The Balaban J connectivity index is 1.64. The van der Waals surface area contributed by atoms with E-state index in [1.54, 1.807) is 0 Å². The van der Waals surface area contributed by atoms with Crippen LogP contribution >= 0.6 is 11.6 Å². The number of halogens is 1. The highest BCUT2D eigenvalue weighted by atomic mass is 35.5. The lowest BCUT2D eigenvalue weighted by molar-refractivity contribution is 0.642. The summed E-state index contributed by atoms with van der Waals surface area (Å²) in [5, 5.41) is 9.13. The minimum Gasteiger partial charge on any atom is -0.368 e. The quantitative estimate of drug-likeness (QED) is 0.939. The summed E-state index contributed by atoms with van der Waals surface area (Å²) in [6, 6.07) is 11.9. The highest BCUT2D eigenvalue weighted by Gasteiger charge is 2.18. The fourth-order valence-corrected chi connectivity index (χ4v) is 2.68. The number of nitrogens with zero attached hydrogens (tertiary/aromatic N) is 4. The maximum absolute atomic E-state index is 6.05. The molecule has 0 unspecified atom stereocenters. The molecule has 6 heteroatoms. The van der Waals surface area contributed by atoms with E-state index in [2.05, 4.69) is 26.1 Å². The second-order valence-electron chi connectivity index (χ2n) is 5.04. The van der Waals surface area contributed by atoms with Crippen molar-refractivity contribution in [3.8, 4) is 0 Å². The zero-order valence-electron chi connectivity index (χ0n) is 11.7. The molecule has 1 fully saturated rings. The molecule has 21 heavy (non-hydrogen) atoms. The van der Waals surface area contributed by atoms with Crippen LogP contribution in [0.2, 0.25) is 5.02 Å². The second-order valence-corrected chi connectivity index (χ2v) is 5.48. The molecule has 0 aliphatic carbocycles. The molecule has 1 aromatic carbocycles. The SMILES string of the molecule is NCc1ccc(N2CCN(c3cccc(Cl)c3)CC2)nn1. The van der Waals surface area contributed by atoms with Gasteiger partial charge >= 0.3 is 0 Å². The summed E-state index contributed by atoms with van der Waals surface area (Å²) in [5.74, 6) is 0.915. The lowest BCUT2D eigenvalue weighted by atomic mass is 10.2. The number of piperazine rings is 1. The van der Waals surface area contributed by atoms with E-state index in [4.69, 9.17) is 17.3 Å². The summed E-state index contributed by atoms with van der Waals surface area (Å²) in [6.07, 6.45) is 0. The molecule has 0 bridgehead atoms. The van der Waals surface area contributed by atoms with Gasteiger partial charge in [-0.05, 0) is 30.3 Å². The Morgan fingerprint density at radius 1 is 1.00 bits per heavy atom. The van der Waals surface area contributed by atoms with Gasteiger partial charge in [-0.15, -0.1) is 5.10 Å². The van der Waals surface area contributed by atoms with Gasteiger partial charge < -0.3 is 15.5 Å². The summed E-state index contributed by atoms with van der Waals surface area (Å²) in [7, 11) is 0. The molecular formula is C15H18ClN5. The molecule has 0 spiro atoms. The van der Waals surface area contributed by atoms with Gasteiger partial charge in [0.1, 0.15) is 0 Å². The van der Waals surface area contributed by atoms with E-state index in [-0.39, 0.29) is 0 Å². The van der Waals surface area contributed by atoms with Gasteiger partial charge in [-0.3, -0.25) is 0 Å². The first-order chi connectivity index (χ1) is 10.3. The van der Waals surface area contributed by atoms with Gasteiger partial charge in [0.25, 0.3) is 0 Å². The third kappa shape index (κ3) is 3.25. The summed E-state index contributed by atoms with van der Waals surface area (Å²) in [5.41, 5.74) is 7.53. The molecule has 0 saturated carbocycles. The molecule has 0 radical (unpaired) electrons. The molecule has 2 N–H and O–H groups in total. The van der Waals surface area contributed by atoms with E-state index in [1.165, 1.54) is 5.69 Å². The number of benzene rings is 1. The zero-order valence-corrected chi connectivity index (χ0v) is 12.5. The minimum absolute atomic E-state index is 0.426. The van der Waals surface area contributed by atoms with Crippen molar-refractivity contribution in [3.63, 3.8) is 0 Å². The smallest absolute Gasteiger partial charge is 0.151 e. The molecule has 0 atom stereocenters. The van der Waals surface area contributed by atoms with Crippen molar-refractivity contribution in [2.24, 2.45) is 5.73 Å². The van der Waals surface area contributed by atoms with Gasteiger partial charge in [-0.2, -0.15) is 5.10 Å². The Labute approximate surface area is 129 Å². The van der Waals surface area contributed by atoms with E-state index in [1.807, 2.05) is 30.3 Å². The molecule has 1 aliphatic rings. The first-order valence-electron chi connectivity index (χ1n) is 7.04. The maximum Gasteiger partial charge on any atom is 0.151 e. The highest BCUT2D eigenvalue weighted by molar-refractivity contribution is 6.30. The summed E-state index contributed by atoms with van der Waals surface area (Å²) < 4.78 is 0. The van der Waals surface area contributed by atoms with Crippen molar-refractivity contribution < 1.29 is 0 Å². The summed E-state index contributed by atoms with van der Waals surface area (Å²) in [6.45, 7) is 4.16. The number of hydrogen-bond acceptors (Lipinski definition) is 5. The van der Waals surface area contributed by atoms with Gasteiger partial charge in [0, 0.05) is 43.4 Å².